The number of carbonyl (C=O) groups excluding carboxylic acids is 6. The van der Waals surface area contributed by atoms with Crippen molar-refractivity contribution in [3.63, 3.8) is 0 Å². The number of aliphatic hydroxyl groups is 1. The third kappa shape index (κ3) is 16.9. The highest BCUT2D eigenvalue weighted by atomic mass is 16.6. The highest BCUT2D eigenvalue weighted by Gasteiger charge is 2.32. The molecular formula is C41H60N6O11. The predicted molar refractivity (Wildman–Crippen MR) is 215 cm³/mol. The molecule has 320 valence electrons. The number of ether oxygens (including phenoxy) is 3. The van der Waals surface area contributed by atoms with Crippen LogP contribution >= 0.6 is 0 Å². The number of alkyl carbamates (subject to hydrolysis) is 3. The van der Waals surface area contributed by atoms with Gasteiger partial charge < -0.3 is 56.3 Å². The van der Waals surface area contributed by atoms with Crippen LogP contribution in [0.5, 0.6) is 5.75 Å². The Morgan fingerprint density at radius 1 is 0.741 bits per heavy atom. The molecule has 8 N–H and O–H groups in total. The number of aliphatic hydroxyl groups excluding tert-OH is 1. The summed E-state index contributed by atoms with van der Waals surface area (Å²) in [5.41, 5.74) is -0.0467. The zero-order valence-electron chi connectivity index (χ0n) is 34.9. The van der Waals surface area contributed by atoms with Gasteiger partial charge in [-0.05, 0) is 110 Å². The average molecular weight is 813 g/mol. The van der Waals surface area contributed by atoms with Gasteiger partial charge in [0.2, 0.25) is 17.7 Å². The van der Waals surface area contributed by atoms with Crippen LogP contribution in [0.15, 0.2) is 42.5 Å². The van der Waals surface area contributed by atoms with Gasteiger partial charge in [-0.2, -0.15) is 0 Å². The molecule has 17 nitrogen and oxygen atoms in total. The topological polar surface area (TPSA) is 243 Å². The number of phenols is 1. The van der Waals surface area contributed by atoms with Crippen molar-refractivity contribution < 1.29 is 53.2 Å². The maximum absolute atomic E-state index is 14.1. The molecule has 1 aliphatic heterocycles. The number of rotatable bonds is 10. The standard InChI is InChI=1S/C41H60N6O11/c1-39(2,3)56-36(53)42-17-11-14-29-34(51)46-30(33(50)43-22-28(48)23-44-37(54)57-40(4,5)6)19-24-12-10-13-25(18-24)26-15-16-32(49)27(20-26)21-31(35(52)45-29)47-38(55)58-41(7,8)9/h10,12-13,15-16,18,20,28-31,48-49H,11,14,17,19,21-23H2,1-9H3,(H,42,53)(H,43,50)(H,44,54)(H,45,52)(H,46,51)(H,47,55)/t28?,29-,30?,31?/m0/s1. The minimum atomic E-state index is -1.34. The third-order valence-electron chi connectivity index (χ3n) is 8.21. The van der Waals surface area contributed by atoms with Gasteiger partial charge in [0, 0.05) is 32.5 Å². The van der Waals surface area contributed by atoms with Crippen LogP contribution in [0.2, 0.25) is 0 Å². The minimum Gasteiger partial charge on any atom is -0.508 e. The molecule has 1 heterocycles. The Kier molecular flexibility index (Phi) is 16.3. The van der Waals surface area contributed by atoms with Gasteiger partial charge in [-0.25, -0.2) is 14.4 Å². The summed E-state index contributed by atoms with van der Waals surface area (Å²) in [4.78, 5) is 79.3. The summed E-state index contributed by atoms with van der Waals surface area (Å²) in [6.45, 7) is 14.8. The molecule has 1 aliphatic rings. The van der Waals surface area contributed by atoms with Crippen LogP contribution in [0, 0.1) is 0 Å². The van der Waals surface area contributed by atoms with E-state index < -0.39 is 77.0 Å². The van der Waals surface area contributed by atoms with E-state index in [0.29, 0.717) is 22.3 Å². The number of benzene rings is 2. The average Bonchev–Trinajstić information content (AvgIpc) is 3.08. The smallest absolute Gasteiger partial charge is 0.408 e. The number of hydrogen-bond acceptors (Lipinski definition) is 11. The van der Waals surface area contributed by atoms with Crippen molar-refractivity contribution in [2.75, 3.05) is 19.6 Å². The normalized spacial score (nSPS) is 18.1. The van der Waals surface area contributed by atoms with E-state index in [9.17, 15) is 39.0 Å². The number of nitrogens with one attached hydrogen (secondary N) is 6. The van der Waals surface area contributed by atoms with Gasteiger partial charge in [-0.15, -0.1) is 0 Å². The van der Waals surface area contributed by atoms with Crippen molar-refractivity contribution in [2.24, 2.45) is 0 Å². The van der Waals surface area contributed by atoms with E-state index in [1.54, 1.807) is 86.6 Å². The molecular weight excluding hydrogens is 752 g/mol. The molecule has 0 spiro atoms. The van der Waals surface area contributed by atoms with Crippen LogP contribution in [-0.2, 0) is 41.4 Å². The molecule has 17 heteroatoms. The van der Waals surface area contributed by atoms with Crippen molar-refractivity contribution in [2.45, 2.75) is 129 Å². The van der Waals surface area contributed by atoms with Crippen LogP contribution < -0.4 is 31.9 Å². The monoisotopic (exact) mass is 812 g/mol. The second kappa shape index (κ2) is 20.2. The van der Waals surface area contributed by atoms with E-state index in [2.05, 4.69) is 31.9 Å². The van der Waals surface area contributed by atoms with Gasteiger partial charge in [0.05, 0.1) is 6.10 Å². The first-order valence-corrected chi connectivity index (χ1v) is 19.3. The van der Waals surface area contributed by atoms with Crippen molar-refractivity contribution in [1.29, 1.82) is 0 Å². The molecule has 3 unspecified atom stereocenters. The van der Waals surface area contributed by atoms with Gasteiger partial charge in [-0.3, -0.25) is 14.4 Å². The molecule has 0 saturated carbocycles. The summed E-state index contributed by atoms with van der Waals surface area (Å²) >= 11 is 0. The van der Waals surface area contributed by atoms with Gasteiger partial charge in [-0.1, -0.05) is 30.3 Å². The maximum Gasteiger partial charge on any atom is 0.408 e. The molecule has 0 radical (unpaired) electrons. The fourth-order valence-electron chi connectivity index (χ4n) is 5.68. The van der Waals surface area contributed by atoms with Crippen molar-refractivity contribution in [3.8, 4) is 16.9 Å². The van der Waals surface area contributed by atoms with E-state index >= 15 is 0 Å². The minimum absolute atomic E-state index is 0.00764. The molecule has 0 aliphatic carbocycles. The predicted octanol–water partition coefficient (Wildman–Crippen LogP) is 3.33. The van der Waals surface area contributed by atoms with Crippen molar-refractivity contribution in [3.05, 3.63) is 53.6 Å². The molecule has 0 aromatic heterocycles. The molecule has 3 rings (SSSR count). The Balaban J connectivity index is 1.97. The fourth-order valence-corrected chi connectivity index (χ4v) is 5.68. The van der Waals surface area contributed by atoms with Gasteiger partial charge in [0.25, 0.3) is 0 Å². The lowest BCUT2D eigenvalue weighted by molar-refractivity contribution is -0.132. The lowest BCUT2D eigenvalue weighted by atomic mass is 9.96. The maximum atomic E-state index is 14.1. The number of fused-ring (bicyclic) bond motifs is 5. The number of aromatic hydroxyl groups is 1. The summed E-state index contributed by atoms with van der Waals surface area (Å²) in [6, 6.07) is 8.20. The summed E-state index contributed by atoms with van der Waals surface area (Å²) in [5, 5.41) is 37.2. The molecule has 6 amide bonds. The molecule has 2 aromatic carbocycles. The first kappa shape index (κ1) is 46.8. The van der Waals surface area contributed by atoms with E-state index in [-0.39, 0.29) is 51.1 Å². The Hall–Kier alpha value is -5.58. The molecule has 4 bridgehead atoms. The second-order valence-electron chi connectivity index (χ2n) is 17.1. The number of carbonyl (C=O) groups is 6. The van der Waals surface area contributed by atoms with Crippen LogP contribution in [0.1, 0.15) is 86.3 Å². The quantitative estimate of drug-likeness (QED) is 0.128. The van der Waals surface area contributed by atoms with Crippen LogP contribution in [0.25, 0.3) is 11.1 Å². The van der Waals surface area contributed by atoms with Crippen LogP contribution in [0.3, 0.4) is 0 Å². The first-order valence-electron chi connectivity index (χ1n) is 19.3. The second-order valence-corrected chi connectivity index (χ2v) is 17.1. The highest BCUT2D eigenvalue weighted by molar-refractivity contribution is 5.94. The largest absolute Gasteiger partial charge is 0.508 e. The summed E-state index contributed by atoms with van der Waals surface area (Å²) in [5.74, 6) is -2.32. The highest BCUT2D eigenvalue weighted by Crippen LogP contribution is 2.28. The van der Waals surface area contributed by atoms with E-state index in [0.717, 1.165) is 0 Å². The lowest BCUT2D eigenvalue weighted by Gasteiger charge is -2.27. The van der Waals surface area contributed by atoms with Gasteiger partial charge in [0.1, 0.15) is 40.7 Å². The summed E-state index contributed by atoms with van der Waals surface area (Å²) < 4.78 is 15.9. The van der Waals surface area contributed by atoms with E-state index in [1.807, 2.05) is 12.1 Å². The third-order valence-corrected chi connectivity index (χ3v) is 8.21. The Morgan fingerprint density at radius 3 is 1.97 bits per heavy atom. The molecule has 2 aromatic rings. The number of amides is 6. The number of phenolic OH excluding ortho intramolecular Hbond substituents is 1. The lowest BCUT2D eigenvalue weighted by Crippen LogP contribution is -2.58. The van der Waals surface area contributed by atoms with Crippen molar-refractivity contribution >= 4 is 36.0 Å². The van der Waals surface area contributed by atoms with Crippen molar-refractivity contribution in [1.82, 2.24) is 31.9 Å². The Morgan fingerprint density at radius 2 is 1.33 bits per heavy atom. The van der Waals surface area contributed by atoms with Gasteiger partial charge in [0.15, 0.2) is 0 Å². The Labute approximate surface area is 339 Å². The molecule has 58 heavy (non-hydrogen) atoms. The van der Waals surface area contributed by atoms with E-state index in [1.165, 1.54) is 6.07 Å². The Bertz CT molecular complexity index is 1780. The first-order chi connectivity index (χ1) is 26.9. The van der Waals surface area contributed by atoms with Crippen LogP contribution in [-0.4, -0.2) is 107 Å². The zero-order valence-corrected chi connectivity index (χ0v) is 34.9. The van der Waals surface area contributed by atoms with Gasteiger partial charge >= 0.3 is 18.3 Å². The van der Waals surface area contributed by atoms with E-state index in [4.69, 9.17) is 14.2 Å². The number of hydrogen-bond donors (Lipinski definition) is 8. The van der Waals surface area contributed by atoms with Crippen LogP contribution in [0.4, 0.5) is 14.4 Å². The molecule has 4 atom stereocenters. The fraction of sp³-hybridized carbons (Fsp3) is 0.561. The zero-order chi connectivity index (χ0) is 43.4. The summed E-state index contributed by atoms with van der Waals surface area (Å²) in [6.07, 6.45) is -3.56. The SMILES string of the molecule is CC(C)(C)OC(=O)NCCC[C@@H]1NC(=O)C(NC(=O)OC(C)(C)C)Cc2cc(ccc2O)-c2cccc(c2)CC(C(=O)NCC(O)CNC(=O)OC(C)(C)C)NC1=O. The summed E-state index contributed by atoms with van der Waals surface area (Å²) in [7, 11) is 0. The molecule has 0 fully saturated rings. The molecule has 0 saturated heterocycles.